The molecule has 1 aromatic carbocycles. The van der Waals surface area contributed by atoms with Crippen LogP contribution in [0.25, 0.3) is 0 Å². The molecule has 0 aliphatic heterocycles. The maximum absolute atomic E-state index is 11.5. The van der Waals surface area contributed by atoms with Crippen molar-refractivity contribution in [2.24, 2.45) is 5.73 Å². The molecule has 8 nitrogen and oxygen atoms in total. The second-order valence-corrected chi connectivity index (χ2v) is 4.25. The number of benzene rings is 1. The summed E-state index contributed by atoms with van der Waals surface area (Å²) < 4.78 is 10.1. The van der Waals surface area contributed by atoms with Crippen LogP contribution in [0.1, 0.15) is 12.0 Å². The highest BCUT2D eigenvalue weighted by molar-refractivity contribution is 5.77. The van der Waals surface area contributed by atoms with Gasteiger partial charge in [-0.1, -0.05) is 6.07 Å². The fourth-order valence-corrected chi connectivity index (χ4v) is 1.59. The van der Waals surface area contributed by atoms with Crippen molar-refractivity contribution < 1.29 is 19.2 Å². The van der Waals surface area contributed by atoms with Crippen LogP contribution < -0.4 is 15.8 Å². The molecule has 21 heavy (non-hydrogen) atoms. The molecule has 0 spiro atoms. The smallest absolute Gasteiger partial charge is 0.310 e. The highest BCUT2D eigenvalue weighted by Crippen LogP contribution is 2.27. The summed E-state index contributed by atoms with van der Waals surface area (Å²) in [5, 5.41) is 13.5. The van der Waals surface area contributed by atoms with Gasteiger partial charge < -0.3 is 20.5 Å². The average Bonchev–Trinajstić information content (AvgIpc) is 2.49. The molecule has 0 aliphatic carbocycles. The zero-order valence-electron chi connectivity index (χ0n) is 11.8. The number of nitrogens with zero attached hydrogens (tertiary/aromatic N) is 1. The van der Waals surface area contributed by atoms with E-state index in [4.69, 9.17) is 15.2 Å². The maximum atomic E-state index is 11.5. The van der Waals surface area contributed by atoms with Gasteiger partial charge in [0.15, 0.2) is 12.4 Å². The van der Waals surface area contributed by atoms with Crippen molar-refractivity contribution in [1.29, 1.82) is 0 Å². The summed E-state index contributed by atoms with van der Waals surface area (Å²) in [6.07, 6.45) is 0.686. The molecule has 0 bridgehead atoms. The number of carbonyl (C=O) groups is 1. The Labute approximate surface area is 122 Å². The molecule has 0 saturated carbocycles. The Hall–Kier alpha value is -2.19. The molecule has 8 heteroatoms. The first-order chi connectivity index (χ1) is 10.1. The quantitative estimate of drug-likeness (QED) is 0.391. The number of rotatable bonds is 9. The van der Waals surface area contributed by atoms with Gasteiger partial charge in [-0.15, -0.1) is 0 Å². The Morgan fingerprint density at radius 3 is 2.86 bits per heavy atom. The summed E-state index contributed by atoms with van der Waals surface area (Å²) in [6.45, 7) is 0.950. The third-order valence-electron chi connectivity index (χ3n) is 2.66. The van der Waals surface area contributed by atoms with Crippen LogP contribution in [-0.4, -0.2) is 37.7 Å². The molecular formula is C13H19N3O5. The van der Waals surface area contributed by atoms with E-state index < -0.39 is 4.92 Å². The summed E-state index contributed by atoms with van der Waals surface area (Å²) in [7, 11) is 1.58. The minimum Gasteiger partial charge on any atom is -0.477 e. The second-order valence-electron chi connectivity index (χ2n) is 4.25. The van der Waals surface area contributed by atoms with E-state index in [9.17, 15) is 14.9 Å². The number of amides is 1. The molecule has 1 aromatic rings. The third-order valence-corrected chi connectivity index (χ3v) is 2.66. The molecule has 0 aromatic heterocycles. The standard InChI is InChI=1S/C13H19N3O5/c1-20-6-2-5-15-13(17)9-21-12-7-10(8-14)3-4-11(12)16(18)19/h3-4,7H,2,5-6,8-9,14H2,1H3,(H,15,17). The van der Waals surface area contributed by atoms with Crippen molar-refractivity contribution >= 4 is 11.6 Å². The lowest BCUT2D eigenvalue weighted by Crippen LogP contribution is -2.30. The van der Waals surface area contributed by atoms with Crippen LogP contribution in [0, 0.1) is 10.1 Å². The van der Waals surface area contributed by atoms with Gasteiger partial charge in [0.1, 0.15) is 0 Å². The van der Waals surface area contributed by atoms with E-state index in [2.05, 4.69) is 5.32 Å². The first-order valence-electron chi connectivity index (χ1n) is 6.44. The number of nitro benzene ring substituents is 1. The van der Waals surface area contributed by atoms with Crippen LogP contribution in [0.4, 0.5) is 5.69 Å². The summed E-state index contributed by atoms with van der Waals surface area (Å²) in [4.78, 5) is 21.9. The average molecular weight is 297 g/mol. The van der Waals surface area contributed by atoms with Crippen molar-refractivity contribution in [2.75, 3.05) is 26.9 Å². The van der Waals surface area contributed by atoms with Crippen LogP contribution >= 0.6 is 0 Å². The van der Waals surface area contributed by atoms with Crippen molar-refractivity contribution in [2.45, 2.75) is 13.0 Å². The largest absolute Gasteiger partial charge is 0.477 e. The Bertz CT molecular complexity index is 493. The highest BCUT2D eigenvalue weighted by atomic mass is 16.6. The molecule has 0 saturated heterocycles. The predicted molar refractivity (Wildman–Crippen MR) is 76.0 cm³/mol. The van der Waals surface area contributed by atoms with Gasteiger partial charge in [-0.25, -0.2) is 0 Å². The molecule has 0 radical (unpaired) electrons. The van der Waals surface area contributed by atoms with E-state index in [0.29, 0.717) is 25.1 Å². The van der Waals surface area contributed by atoms with Crippen LogP contribution in [0.15, 0.2) is 18.2 Å². The number of hydrogen-bond donors (Lipinski definition) is 2. The Morgan fingerprint density at radius 1 is 1.48 bits per heavy atom. The zero-order chi connectivity index (χ0) is 15.7. The molecule has 0 aliphatic rings. The normalized spacial score (nSPS) is 10.2. The van der Waals surface area contributed by atoms with E-state index >= 15 is 0 Å². The van der Waals surface area contributed by atoms with Crippen LogP contribution in [0.2, 0.25) is 0 Å². The van der Waals surface area contributed by atoms with E-state index in [1.807, 2.05) is 0 Å². The third kappa shape index (κ3) is 5.76. The molecule has 0 atom stereocenters. The van der Waals surface area contributed by atoms with Gasteiger partial charge in [0.05, 0.1) is 4.92 Å². The van der Waals surface area contributed by atoms with Crippen LogP contribution in [0.3, 0.4) is 0 Å². The van der Waals surface area contributed by atoms with Crippen molar-refractivity contribution in [3.63, 3.8) is 0 Å². The van der Waals surface area contributed by atoms with Crippen molar-refractivity contribution in [3.8, 4) is 5.75 Å². The number of ether oxygens (including phenoxy) is 2. The van der Waals surface area contributed by atoms with Gasteiger partial charge in [-0.2, -0.15) is 0 Å². The lowest BCUT2D eigenvalue weighted by molar-refractivity contribution is -0.385. The summed E-state index contributed by atoms with van der Waals surface area (Å²) in [5.74, 6) is -0.312. The number of methoxy groups -OCH3 is 1. The minimum atomic E-state index is -0.563. The number of hydrogen-bond acceptors (Lipinski definition) is 6. The van der Waals surface area contributed by atoms with Crippen LogP contribution in [-0.2, 0) is 16.1 Å². The van der Waals surface area contributed by atoms with Crippen molar-refractivity contribution in [3.05, 3.63) is 33.9 Å². The molecule has 0 heterocycles. The topological polar surface area (TPSA) is 117 Å². The predicted octanol–water partition coefficient (Wildman–Crippen LogP) is 0.585. The molecule has 116 valence electrons. The maximum Gasteiger partial charge on any atom is 0.310 e. The Balaban J connectivity index is 2.57. The molecule has 0 fully saturated rings. The number of carbonyl (C=O) groups excluding carboxylic acids is 1. The number of nitro groups is 1. The van der Waals surface area contributed by atoms with E-state index in [0.717, 1.165) is 0 Å². The van der Waals surface area contributed by atoms with Crippen LogP contribution in [0.5, 0.6) is 5.75 Å². The van der Waals surface area contributed by atoms with E-state index in [1.54, 1.807) is 13.2 Å². The second kappa shape index (κ2) is 8.88. The van der Waals surface area contributed by atoms with Gasteiger partial charge in [0.2, 0.25) is 0 Å². The minimum absolute atomic E-state index is 0.0370. The molecular weight excluding hydrogens is 278 g/mol. The molecule has 1 rings (SSSR count). The molecule has 3 N–H and O–H groups in total. The van der Waals surface area contributed by atoms with Gasteiger partial charge in [-0.3, -0.25) is 14.9 Å². The summed E-state index contributed by atoms with van der Waals surface area (Å²) >= 11 is 0. The van der Waals surface area contributed by atoms with E-state index in [-0.39, 0.29) is 30.5 Å². The molecule has 1 amide bonds. The van der Waals surface area contributed by atoms with Gasteiger partial charge in [0.25, 0.3) is 5.91 Å². The lowest BCUT2D eigenvalue weighted by Gasteiger charge is -2.09. The van der Waals surface area contributed by atoms with Gasteiger partial charge in [-0.05, 0) is 18.1 Å². The van der Waals surface area contributed by atoms with E-state index in [1.165, 1.54) is 12.1 Å². The SMILES string of the molecule is COCCCNC(=O)COc1cc(CN)ccc1[N+](=O)[O-]. The molecule has 0 unspecified atom stereocenters. The number of nitrogens with one attached hydrogen (secondary N) is 1. The number of nitrogens with two attached hydrogens (primary N) is 1. The lowest BCUT2D eigenvalue weighted by atomic mass is 10.2. The van der Waals surface area contributed by atoms with Gasteiger partial charge >= 0.3 is 5.69 Å². The first kappa shape index (κ1) is 16.9. The Morgan fingerprint density at radius 2 is 2.24 bits per heavy atom. The van der Waals surface area contributed by atoms with Gasteiger partial charge in [0, 0.05) is 32.9 Å². The fraction of sp³-hybridized carbons (Fsp3) is 0.462. The van der Waals surface area contributed by atoms with Crippen molar-refractivity contribution in [1.82, 2.24) is 5.32 Å². The monoisotopic (exact) mass is 297 g/mol. The first-order valence-corrected chi connectivity index (χ1v) is 6.44. The highest BCUT2D eigenvalue weighted by Gasteiger charge is 2.16. The fourth-order valence-electron chi connectivity index (χ4n) is 1.59. The summed E-state index contributed by atoms with van der Waals surface area (Å²) in [6, 6.07) is 4.33. The zero-order valence-corrected chi connectivity index (χ0v) is 11.8. The Kier molecular flexibility index (Phi) is 7.13. The summed E-state index contributed by atoms with van der Waals surface area (Å²) in [5.41, 5.74) is 5.97.